The van der Waals surface area contributed by atoms with Gasteiger partial charge in [-0.1, -0.05) is 0 Å². The van der Waals surface area contributed by atoms with Crippen molar-refractivity contribution in [2.45, 2.75) is 6.18 Å². The molecular weight excluding hydrogens is 480 g/mol. The van der Waals surface area contributed by atoms with Crippen molar-refractivity contribution in [3.05, 3.63) is 81.8 Å². The van der Waals surface area contributed by atoms with Crippen LogP contribution in [0.2, 0.25) is 0 Å². The van der Waals surface area contributed by atoms with Crippen molar-refractivity contribution in [1.82, 2.24) is 4.98 Å². The number of methoxy groups -OCH3 is 2. The summed E-state index contributed by atoms with van der Waals surface area (Å²) in [4.78, 5) is 15.6. The molecule has 3 aromatic carbocycles. The van der Waals surface area contributed by atoms with Gasteiger partial charge in [0.25, 0.3) is 0 Å². The van der Waals surface area contributed by atoms with Crippen molar-refractivity contribution in [2.24, 2.45) is 0 Å². The number of fused-ring (bicyclic) bond motifs is 1. The predicted molar refractivity (Wildman–Crippen MR) is 115 cm³/mol. The van der Waals surface area contributed by atoms with E-state index in [9.17, 15) is 31.1 Å². The van der Waals surface area contributed by atoms with Crippen LogP contribution in [0.3, 0.4) is 0 Å². The molecule has 0 radical (unpaired) electrons. The molecule has 0 saturated heterocycles. The summed E-state index contributed by atoms with van der Waals surface area (Å²) in [5.41, 5.74) is -2.28. The van der Waals surface area contributed by atoms with Crippen molar-refractivity contribution in [3.8, 4) is 34.3 Å². The lowest BCUT2D eigenvalue weighted by atomic mass is 10.0. The molecule has 0 atom stereocenters. The Morgan fingerprint density at radius 2 is 1.57 bits per heavy atom. The Bertz CT molecular complexity index is 1500. The molecule has 5 nitrogen and oxygen atoms in total. The van der Waals surface area contributed by atoms with Crippen molar-refractivity contribution in [1.29, 1.82) is 0 Å². The molecule has 0 aliphatic rings. The second-order valence-electron chi connectivity index (χ2n) is 7.28. The number of pyridine rings is 1. The van der Waals surface area contributed by atoms with Gasteiger partial charge in [0, 0.05) is 22.5 Å². The van der Waals surface area contributed by atoms with Gasteiger partial charge in [0.1, 0.15) is 17.3 Å². The van der Waals surface area contributed by atoms with Crippen LogP contribution < -0.4 is 19.6 Å². The second kappa shape index (κ2) is 8.90. The molecule has 0 aliphatic carbocycles. The molecule has 1 N–H and O–H groups in total. The second-order valence-corrected chi connectivity index (χ2v) is 7.28. The van der Waals surface area contributed by atoms with E-state index in [1.807, 2.05) is 0 Å². The van der Waals surface area contributed by atoms with Crippen LogP contribution in [0.15, 0.2) is 53.3 Å². The predicted octanol–water partition coefficient (Wildman–Crippen LogP) is 6.44. The molecule has 182 valence electrons. The highest BCUT2D eigenvalue weighted by atomic mass is 19.4. The molecule has 35 heavy (non-hydrogen) atoms. The first-order valence-corrected chi connectivity index (χ1v) is 9.85. The molecule has 1 heterocycles. The van der Waals surface area contributed by atoms with Crippen molar-refractivity contribution < 1.29 is 40.6 Å². The van der Waals surface area contributed by atoms with E-state index in [0.29, 0.717) is 23.9 Å². The van der Waals surface area contributed by atoms with Crippen LogP contribution >= 0.6 is 0 Å². The van der Waals surface area contributed by atoms with Gasteiger partial charge in [0.05, 0.1) is 25.5 Å². The summed E-state index contributed by atoms with van der Waals surface area (Å²) in [6.07, 6.45) is -5.09. The van der Waals surface area contributed by atoms with E-state index in [1.54, 1.807) is 6.07 Å². The largest absolute Gasteiger partial charge is 0.497 e. The van der Waals surface area contributed by atoms with Gasteiger partial charge < -0.3 is 19.2 Å². The zero-order chi connectivity index (χ0) is 25.5. The van der Waals surface area contributed by atoms with Crippen LogP contribution in [0.5, 0.6) is 23.0 Å². The maximum absolute atomic E-state index is 14.5. The summed E-state index contributed by atoms with van der Waals surface area (Å²) in [5.74, 6) is -5.73. The lowest BCUT2D eigenvalue weighted by Gasteiger charge is -2.17. The lowest BCUT2D eigenvalue weighted by molar-refractivity contribution is -0.140. The normalized spacial score (nSPS) is 11.5. The van der Waals surface area contributed by atoms with Crippen LogP contribution in [-0.4, -0.2) is 19.2 Å². The van der Waals surface area contributed by atoms with Gasteiger partial charge >= 0.3 is 6.18 Å². The summed E-state index contributed by atoms with van der Waals surface area (Å²) < 4.78 is 97.8. The Labute approximate surface area is 193 Å². The van der Waals surface area contributed by atoms with Crippen LogP contribution in [0.1, 0.15) is 5.56 Å². The molecule has 0 amide bonds. The Balaban J connectivity index is 1.95. The quantitative estimate of drug-likeness (QED) is 0.324. The molecule has 0 fully saturated rings. The Morgan fingerprint density at radius 1 is 0.829 bits per heavy atom. The number of ether oxygens (including phenoxy) is 3. The fourth-order valence-electron chi connectivity index (χ4n) is 3.47. The molecule has 4 aromatic rings. The number of nitrogens with one attached hydrogen (secondary N) is 1. The van der Waals surface area contributed by atoms with Crippen LogP contribution in [0, 0.1) is 17.5 Å². The SMILES string of the molecule is COc1ccc2[nH]c(-c3cc(F)c(C(F)(F)F)cc3Oc3ccc(F)c(F)c3OC)cc(=O)c2c1. The summed E-state index contributed by atoms with van der Waals surface area (Å²) in [7, 11) is 2.41. The monoisotopic (exact) mass is 495 g/mol. The number of halogens is 6. The molecule has 11 heteroatoms. The third-order valence-electron chi connectivity index (χ3n) is 5.14. The zero-order valence-corrected chi connectivity index (χ0v) is 18.0. The standard InChI is InChI=1S/C24H15F6NO4/c1-33-11-3-5-17-12(7-11)19(32)10-18(31-17)13-8-16(26)14(24(28,29)30)9-21(13)35-20-6-4-15(25)22(27)23(20)34-2/h3-10H,1-2H3,(H,31,32). The van der Waals surface area contributed by atoms with Gasteiger partial charge in [-0.15, -0.1) is 0 Å². The number of benzene rings is 3. The highest BCUT2D eigenvalue weighted by Gasteiger charge is 2.36. The van der Waals surface area contributed by atoms with Crippen molar-refractivity contribution in [3.63, 3.8) is 0 Å². The third kappa shape index (κ3) is 4.48. The molecule has 0 spiro atoms. The number of aromatic amines is 1. The first-order valence-electron chi connectivity index (χ1n) is 9.85. The van der Waals surface area contributed by atoms with Crippen molar-refractivity contribution in [2.75, 3.05) is 14.2 Å². The first-order chi connectivity index (χ1) is 16.5. The average Bonchev–Trinajstić information content (AvgIpc) is 2.81. The van der Waals surface area contributed by atoms with E-state index in [4.69, 9.17) is 14.2 Å². The smallest absolute Gasteiger partial charge is 0.419 e. The first kappa shape index (κ1) is 24.0. The van der Waals surface area contributed by atoms with Crippen LogP contribution in [-0.2, 0) is 6.18 Å². The fraction of sp³-hybridized carbons (Fsp3) is 0.125. The van der Waals surface area contributed by atoms with Crippen molar-refractivity contribution >= 4 is 10.9 Å². The van der Waals surface area contributed by atoms with Gasteiger partial charge in [-0.3, -0.25) is 4.79 Å². The topological polar surface area (TPSA) is 60.6 Å². The number of hydrogen-bond donors (Lipinski definition) is 1. The molecule has 4 rings (SSSR count). The maximum Gasteiger partial charge on any atom is 0.419 e. The minimum atomic E-state index is -5.09. The zero-order valence-electron chi connectivity index (χ0n) is 18.0. The number of rotatable bonds is 5. The number of aromatic nitrogens is 1. The Kier molecular flexibility index (Phi) is 6.10. The summed E-state index contributed by atoms with van der Waals surface area (Å²) in [6.45, 7) is 0. The molecule has 1 aromatic heterocycles. The molecule has 0 bridgehead atoms. The Hall–Kier alpha value is -4.15. The summed E-state index contributed by atoms with van der Waals surface area (Å²) in [6, 6.07) is 8.05. The molecule has 0 unspecified atom stereocenters. The van der Waals surface area contributed by atoms with Crippen LogP contribution in [0.4, 0.5) is 26.3 Å². The van der Waals surface area contributed by atoms with E-state index in [1.165, 1.54) is 19.2 Å². The number of alkyl halides is 3. The van der Waals surface area contributed by atoms with E-state index in [0.717, 1.165) is 19.2 Å². The lowest BCUT2D eigenvalue weighted by Crippen LogP contribution is -2.10. The summed E-state index contributed by atoms with van der Waals surface area (Å²) >= 11 is 0. The number of H-pyrrole nitrogens is 1. The molecular formula is C24H15F6NO4. The summed E-state index contributed by atoms with van der Waals surface area (Å²) in [5, 5.41) is 0.213. The highest BCUT2D eigenvalue weighted by molar-refractivity contribution is 5.83. The van der Waals surface area contributed by atoms with E-state index in [2.05, 4.69) is 4.98 Å². The molecule has 0 aliphatic heterocycles. The molecule has 0 saturated carbocycles. The Morgan fingerprint density at radius 3 is 2.23 bits per heavy atom. The maximum atomic E-state index is 14.5. The fourth-order valence-corrected chi connectivity index (χ4v) is 3.47. The minimum Gasteiger partial charge on any atom is -0.497 e. The third-order valence-corrected chi connectivity index (χ3v) is 5.14. The van der Waals surface area contributed by atoms with Gasteiger partial charge in [0.15, 0.2) is 17.0 Å². The minimum absolute atomic E-state index is 0.0863. The van der Waals surface area contributed by atoms with Gasteiger partial charge in [-0.2, -0.15) is 17.6 Å². The average molecular weight is 495 g/mol. The van der Waals surface area contributed by atoms with E-state index in [-0.39, 0.29) is 22.2 Å². The van der Waals surface area contributed by atoms with Gasteiger partial charge in [-0.25, -0.2) is 8.78 Å². The highest BCUT2D eigenvalue weighted by Crippen LogP contribution is 2.43. The van der Waals surface area contributed by atoms with Crippen LogP contribution in [0.25, 0.3) is 22.2 Å². The van der Waals surface area contributed by atoms with E-state index < -0.39 is 51.9 Å². The number of hydrogen-bond acceptors (Lipinski definition) is 4. The van der Waals surface area contributed by atoms with Gasteiger partial charge in [-0.05, 0) is 42.5 Å². The van der Waals surface area contributed by atoms with E-state index >= 15 is 0 Å². The van der Waals surface area contributed by atoms with Gasteiger partial charge in [0.2, 0.25) is 11.6 Å².